The number of benzene rings is 2. The monoisotopic (exact) mass is 461 g/mol. The summed E-state index contributed by atoms with van der Waals surface area (Å²) >= 11 is 3.47. The van der Waals surface area contributed by atoms with Crippen LogP contribution in [-0.2, 0) is 10.1 Å². The second kappa shape index (κ2) is 7.50. The second-order valence-corrected chi connectivity index (χ2v) is 8.75. The molecule has 2 heterocycles. The molecule has 2 aromatic carbocycles. The van der Waals surface area contributed by atoms with Crippen molar-refractivity contribution in [3.63, 3.8) is 0 Å². The molecule has 28 heavy (non-hydrogen) atoms. The van der Waals surface area contributed by atoms with Gasteiger partial charge in [0.1, 0.15) is 11.1 Å². The summed E-state index contributed by atoms with van der Waals surface area (Å²) in [5, 5.41) is -1.22. The molecule has 9 heteroatoms. The maximum atomic E-state index is 12.0. The number of hydrogen-bond donors (Lipinski definition) is 1. The SMILES string of the molecule is O=S(=O)(O)C(CCN1c2ccccc2Oc2ccc(Br)cc21)c1ncccn1. The molecule has 0 fully saturated rings. The first kappa shape index (κ1) is 18.9. The van der Waals surface area contributed by atoms with E-state index in [2.05, 4.69) is 25.9 Å². The Hall–Kier alpha value is -2.49. The van der Waals surface area contributed by atoms with Gasteiger partial charge in [0.25, 0.3) is 10.1 Å². The van der Waals surface area contributed by atoms with Gasteiger partial charge in [0.05, 0.1) is 11.4 Å². The van der Waals surface area contributed by atoms with Crippen molar-refractivity contribution in [1.82, 2.24) is 9.97 Å². The fourth-order valence-corrected chi connectivity index (χ4v) is 4.32. The molecule has 144 valence electrons. The molecule has 0 bridgehead atoms. The molecule has 0 amide bonds. The molecule has 0 saturated carbocycles. The Balaban J connectivity index is 1.70. The lowest BCUT2D eigenvalue weighted by molar-refractivity contribution is 0.458. The van der Waals surface area contributed by atoms with Gasteiger partial charge in [-0.05, 0) is 42.8 Å². The molecule has 3 aromatic rings. The van der Waals surface area contributed by atoms with Gasteiger partial charge in [-0.2, -0.15) is 8.42 Å². The van der Waals surface area contributed by atoms with Crippen LogP contribution in [0.4, 0.5) is 11.4 Å². The van der Waals surface area contributed by atoms with Crippen molar-refractivity contribution >= 4 is 37.4 Å². The van der Waals surface area contributed by atoms with Crippen molar-refractivity contribution in [2.45, 2.75) is 11.7 Å². The number of halogens is 1. The Morgan fingerprint density at radius 2 is 1.75 bits per heavy atom. The zero-order chi connectivity index (χ0) is 19.7. The van der Waals surface area contributed by atoms with Crippen molar-refractivity contribution in [2.75, 3.05) is 11.4 Å². The first-order valence-electron chi connectivity index (χ1n) is 8.50. The van der Waals surface area contributed by atoms with E-state index < -0.39 is 15.4 Å². The quantitative estimate of drug-likeness (QED) is 0.558. The molecule has 1 aliphatic heterocycles. The third-order valence-corrected chi connectivity index (χ3v) is 6.09. The van der Waals surface area contributed by atoms with Crippen LogP contribution in [0.1, 0.15) is 17.5 Å². The molecular formula is C19H16BrN3O4S. The molecule has 4 rings (SSSR count). The molecule has 1 unspecified atom stereocenters. The van der Waals surface area contributed by atoms with E-state index in [1.54, 1.807) is 6.07 Å². The lowest BCUT2D eigenvalue weighted by Gasteiger charge is -2.33. The fraction of sp³-hybridized carbons (Fsp3) is 0.158. The Morgan fingerprint density at radius 1 is 1.04 bits per heavy atom. The van der Waals surface area contributed by atoms with Gasteiger partial charge in [0, 0.05) is 23.4 Å². The Morgan fingerprint density at radius 3 is 2.50 bits per heavy atom. The average molecular weight is 462 g/mol. The smallest absolute Gasteiger partial charge is 0.275 e. The van der Waals surface area contributed by atoms with Crippen LogP contribution in [0.15, 0.2) is 65.4 Å². The maximum Gasteiger partial charge on any atom is 0.275 e. The van der Waals surface area contributed by atoms with E-state index in [0.29, 0.717) is 18.0 Å². The van der Waals surface area contributed by atoms with Crippen LogP contribution in [0, 0.1) is 0 Å². The molecule has 1 atom stereocenters. The van der Waals surface area contributed by atoms with E-state index in [1.165, 1.54) is 12.4 Å². The fourth-order valence-electron chi connectivity index (χ4n) is 3.18. The highest BCUT2D eigenvalue weighted by molar-refractivity contribution is 9.10. The standard InChI is InChI=1S/C19H16BrN3O4S/c20-13-6-7-17-15(12-13)23(14-4-1-2-5-16(14)27-17)11-8-18(28(24,25)26)19-21-9-3-10-22-19/h1-7,9-10,12,18H,8,11H2,(H,24,25,26). The second-order valence-electron chi connectivity index (χ2n) is 6.23. The van der Waals surface area contributed by atoms with Crippen LogP contribution in [0.2, 0.25) is 0 Å². The summed E-state index contributed by atoms with van der Waals surface area (Å²) in [6.07, 6.45) is 3.01. The minimum atomic E-state index is -4.37. The third-order valence-electron chi connectivity index (χ3n) is 4.44. The molecule has 1 aromatic heterocycles. The molecule has 0 spiro atoms. The Bertz CT molecular complexity index is 1110. The minimum absolute atomic E-state index is 0.0704. The summed E-state index contributed by atoms with van der Waals surface area (Å²) < 4.78 is 40.5. The van der Waals surface area contributed by atoms with E-state index >= 15 is 0 Å². The number of anilines is 2. The van der Waals surface area contributed by atoms with Gasteiger partial charge in [-0.3, -0.25) is 4.55 Å². The van der Waals surface area contributed by atoms with E-state index in [9.17, 15) is 13.0 Å². The number of nitrogens with zero attached hydrogens (tertiary/aromatic N) is 3. The molecule has 1 N–H and O–H groups in total. The van der Waals surface area contributed by atoms with E-state index in [1.807, 2.05) is 47.4 Å². The largest absolute Gasteiger partial charge is 0.453 e. The van der Waals surface area contributed by atoms with Gasteiger partial charge in [-0.1, -0.05) is 28.1 Å². The summed E-state index contributed by atoms with van der Waals surface area (Å²) in [5.74, 6) is 1.42. The van der Waals surface area contributed by atoms with Gasteiger partial charge in [-0.15, -0.1) is 0 Å². The number of rotatable bonds is 5. The number of para-hydroxylation sites is 2. The molecule has 0 radical (unpaired) electrons. The summed E-state index contributed by atoms with van der Waals surface area (Å²) in [7, 11) is -4.37. The van der Waals surface area contributed by atoms with Crippen LogP contribution in [0.3, 0.4) is 0 Å². The van der Waals surface area contributed by atoms with Crippen molar-refractivity contribution < 1.29 is 17.7 Å². The summed E-state index contributed by atoms with van der Waals surface area (Å²) in [6.45, 7) is 0.312. The lowest BCUT2D eigenvalue weighted by atomic mass is 10.1. The van der Waals surface area contributed by atoms with Gasteiger partial charge >= 0.3 is 0 Å². The third kappa shape index (κ3) is 3.73. The lowest BCUT2D eigenvalue weighted by Crippen LogP contribution is -2.26. The van der Waals surface area contributed by atoms with E-state index in [4.69, 9.17) is 4.74 Å². The molecule has 0 aliphatic carbocycles. The van der Waals surface area contributed by atoms with Crippen molar-refractivity contribution in [1.29, 1.82) is 0 Å². The maximum absolute atomic E-state index is 12.0. The Kier molecular flexibility index (Phi) is 5.05. The predicted octanol–water partition coefficient (Wildman–Crippen LogP) is 4.50. The van der Waals surface area contributed by atoms with Crippen LogP contribution in [0.5, 0.6) is 11.5 Å². The molecular weight excluding hydrogens is 446 g/mol. The normalized spacial score (nSPS) is 14.0. The van der Waals surface area contributed by atoms with Crippen LogP contribution < -0.4 is 9.64 Å². The van der Waals surface area contributed by atoms with Gasteiger partial charge in [0.15, 0.2) is 11.5 Å². The van der Waals surface area contributed by atoms with Crippen LogP contribution >= 0.6 is 15.9 Å². The summed E-state index contributed by atoms with van der Waals surface area (Å²) in [4.78, 5) is 9.99. The Labute approximate surface area is 170 Å². The van der Waals surface area contributed by atoms with Gasteiger partial charge in [-0.25, -0.2) is 9.97 Å². The number of ether oxygens (including phenoxy) is 1. The van der Waals surface area contributed by atoms with Gasteiger partial charge in [0.2, 0.25) is 0 Å². The summed E-state index contributed by atoms with van der Waals surface area (Å²) in [5.41, 5.74) is 1.62. The first-order chi connectivity index (χ1) is 13.4. The highest BCUT2D eigenvalue weighted by Crippen LogP contribution is 2.47. The van der Waals surface area contributed by atoms with Gasteiger partial charge < -0.3 is 9.64 Å². The van der Waals surface area contributed by atoms with Crippen molar-refractivity contribution in [3.05, 3.63) is 71.2 Å². The first-order valence-corrected chi connectivity index (χ1v) is 10.8. The predicted molar refractivity (Wildman–Crippen MR) is 109 cm³/mol. The zero-order valence-corrected chi connectivity index (χ0v) is 17.0. The molecule has 7 nitrogen and oxygen atoms in total. The van der Waals surface area contributed by atoms with Crippen molar-refractivity contribution in [2.24, 2.45) is 0 Å². The number of aromatic nitrogens is 2. The number of fused-ring (bicyclic) bond motifs is 2. The van der Waals surface area contributed by atoms with E-state index in [0.717, 1.165) is 15.8 Å². The molecule has 0 saturated heterocycles. The molecule has 1 aliphatic rings. The van der Waals surface area contributed by atoms with E-state index in [-0.39, 0.29) is 12.2 Å². The highest BCUT2D eigenvalue weighted by Gasteiger charge is 2.31. The summed E-state index contributed by atoms with van der Waals surface area (Å²) in [6, 6.07) is 14.8. The number of hydrogen-bond acceptors (Lipinski definition) is 6. The van der Waals surface area contributed by atoms with Crippen LogP contribution in [-0.4, -0.2) is 29.5 Å². The highest BCUT2D eigenvalue weighted by atomic mass is 79.9. The topological polar surface area (TPSA) is 92.6 Å². The average Bonchev–Trinajstić information content (AvgIpc) is 2.67. The zero-order valence-electron chi connectivity index (χ0n) is 14.6. The minimum Gasteiger partial charge on any atom is -0.453 e. The van der Waals surface area contributed by atoms with Crippen molar-refractivity contribution in [3.8, 4) is 11.5 Å². The van der Waals surface area contributed by atoms with Crippen LogP contribution in [0.25, 0.3) is 0 Å².